The highest BCUT2D eigenvalue weighted by molar-refractivity contribution is 7.89. The molecule has 2 aliphatic heterocycles. The fraction of sp³-hybridized carbons (Fsp3) is 0.609. The van der Waals surface area contributed by atoms with Gasteiger partial charge in [-0.2, -0.15) is 4.31 Å². The summed E-state index contributed by atoms with van der Waals surface area (Å²) in [5, 5.41) is 2.75. The van der Waals surface area contributed by atoms with Crippen LogP contribution in [-0.2, 0) is 32.5 Å². The van der Waals surface area contributed by atoms with Gasteiger partial charge in [-0.05, 0) is 74.6 Å². The van der Waals surface area contributed by atoms with E-state index in [0.717, 1.165) is 49.0 Å². The van der Waals surface area contributed by atoms with Gasteiger partial charge in [0.1, 0.15) is 12.1 Å². The minimum atomic E-state index is -3.64. The highest BCUT2D eigenvalue weighted by atomic mass is 32.2. The smallest absolute Gasteiger partial charge is 0.325 e. The minimum Gasteiger partial charge on any atom is -0.338 e. The van der Waals surface area contributed by atoms with Crippen LogP contribution in [0.5, 0.6) is 0 Å². The van der Waals surface area contributed by atoms with E-state index >= 15 is 0 Å². The predicted molar refractivity (Wildman–Crippen MR) is 120 cm³/mol. The van der Waals surface area contributed by atoms with Gasteiger partial charge in [-0.1, -0.05) is 6.07 Å². The van der Waals surface area contributed by atoms with E-state index < -0.39 is 21.6 Å². The molecular weight excluding hydrogens is 444 g/mol. The van der Waals surface area contributed by atoms with E-state index in [1.54, 1.807) is 19.1 Å². The topological polar surface area (TPSA) is 107 Å². The molecule has 0 radical (unpaired) electrons. The molecule has 33 heavy (non-hydrogen) atoms. The molecule has 0 aromatic heterocycles. The summed E-state index contributed by atoms with van der Waals surface area (Å²) in [6.07, 6.45) is 5.90. The monoisotopic (exact) mass is 474 g/mol. The number of nitrogens with one attached hydrogen (secondary N) is 1. The molecule has 5 rings (SSSR count). The molecule has 2 aliphatic carbocycles. The number of benzene rings is 1. The Bertz CT molecular complexity index is 1110. The fourth-order valence-electron chi connectivity index (χ4n) is 5.23. The molecule has 4 amide bonds. The van der Waals surface area contributed by atoms with Crippen LogP contribution in [0.1, 0.15) is 43.7 Å². The van der Waals surface area contributed by atoms with Crippen molar-refractivity contribution in [3.63, 3.8) is 0 Å². The molecule has 1 saturated carbocycles. The van der Waals surface area contributed by atoms with E-state index in [4.69, 9.17) is 0 Å². The van der Waals surface area contributed by atoms with E-state index in [1.165, 1.54) is 14.8 Å². The lowest BCUT2D eigenvalue weighted by molar-refractivity contribution is -0.139. The molecule has 3 fully saturated rings. The van der Waals surface area contributed by atoms with Gasteiger partial charge in [-0.15, -0.1) is 0 Å². The van der Waals surface area contributed by atoms with E-state index in [2.05, 4.69) is 5.32 Å². The first-order chi connectivity index (χ1) is 15.7. The highest BCUT2D eigenvalue weighted by Gasteiger charge is 2.56. The number of urea groups is 1. The number of imide groups is 1. The number of aryl methyl sites for hydroxylation is 2. The summed E-state index contributed by atoms with van der Waals surface area (Å²) in [4.78, 5) is 40.7. The number of fused-ring (bicyclic) bond motifs is 1. The van der Waals surface area contributed by atoms with Crippen LogP contribution in [0.2, 0.25) is 0 Å². The third kappa shape index (κ3) is 3.93. The summed E-state index contributed by atoms with van der Waals surface area (Å²) < 4.78 is 27.8. The maximum absolute atomic E-state index is 13.2. The van der Waals surface area contributed by atoms with Gasteiger partial charge in [0.15, 0.2) is 0 Å². The van der Waals surface area contributed by atoms with Gasteiger partial charge in [0.25, 0.3) is 5.91 Å². The Labute approximate surface area is 194 Å². The standard InChI is InChI=1S/C23H30N4O5S/c1-23(18-7-8-18)21(29)27(22(30)24-23)15-20(28)25-10-12-26(13-11-25)33(31,32)19-9-6-16-4-2-3-5-17(16)14-19/h6,9,14,18H,2-5,7-8,10-13,15H2,1H3,(H,24,30). The molecule has 2 saturated heterocycles. The summed E-state index contributed by atoms with van der Waals surface area (Å²) in [6.45, 7) is 2.24. The van der Waals surface area contributed by atoms with Crippen LogP contribution in [-0.4, -0.2) is 78.6 Å². The lowest BCUT2D eigenvalue weighted by Crippen LogP contribution is -2.53. The summed E-state index contributed by atoms with van der Waals surface area (Å²) in [5.41, 5.74) is 1.43. The van der Waals surface area contributed by atoms with Crippen molar-refractivity contribution in [2.45, 2.75) is 55.9 Å². The number of carbonyl (C=O) groups is 3. The molecule has 0 spiro atoms. The normalized spacial score (nSPS) is 26.3. The third-order valence-electron chi connectivity index (χ3n) is 7.54. The quantitative estimate of drug-likeness (QED) is 0.644. The van der Waals surface area contributed by atoms with Crippen LogP contribution < -0.4 is 5.32 Å². The lowest BCUT2D eigenvalue weighted by Gasteiger charge is -2.34. The number of hydrogen-bond acceptors (Lipinski definition) is 5. The van der Waals surface area contributed by atoms with Crippen molar-refractivity contribution < 1.29 is 22.8 Å². The molecule has 10 heteroatoms. The van der Waals surface area contributed by atoms with Crippen LogP contribution in [0.25, 0.3) is 0 Å². The zero-order chi connectivity index (χ0) is 23.4. The molecule has 4 aliphatic rings. The Balaban J connectivity index is 1.21. The zero-order valence-corrected chi connectivity index (χ0v) is 19.7. The minimum absolute atomic E-state index is 0.131. The van der Waals surface area contributed by atoms with Crippen molar-refractivity contribution >= 4 is 27.9 Å². The molecule has 1 aromatic rings. The fourth-order valence-corrected chi connectivity index (χ4v) is 6.70. The first kappa shape index (κ1) is 22.3. The molecule has 1 aromatic carbocycles. The average molecular weight is 475 g/mol. The second-order valence-electron chi connectivity index (χ2n) is 9.72. The zero-order valence-electron chi connectivity index (χ0n) is 18.9. The SMILES string of the molecule is CC1(C2CC2)NC(=O)N(CC(=O)N2CCN(S(=O)(=O)c3ccc4c(c3)CCCC4)CC2)C1=O. The number of rotatable bonds is 5. The first-order valence-corrected chi connectivity index (χ1v) is 13.2. The highest BCUT2D eigenvalue weighted by Crippen LogP contribution is 2.42. The number of sulfonamides is 1. The molecule has 1 N–H and O–H groups in total. The van der Waals surface area contributed by atoms with Gasteiger partial charge in [0.05, 0.1) is 4.90 Å². The lowest BCUT2D eigenvalue weighted by atomic mass is 9.92. The largest absolute Gasteiger partial charge is 0.338 e. The Morgan fingerprint density at radius 2 is 1.73 bits per heavy atom. The maximum Gasteiger partial charge on any atom is 0.325 e. The third-order valence-corrected chi connectivity index (χ3v) is 9.43. The van der Waals surface area contributed by atoms with Gasteiger partial charge in [-0.25, -0.2) is 13.2 Å². The van der Waals surface area contributed by atoms with Crippen LogP contribution >= 0.6 is 0 Å². The van der Waals surface area contributed by atoms with E-state index in [0.29, 0.717) is 4.90 Å². The number of piperazine rings is 1. The molecule has 2 heterocycles. The summed E-state index contributed by atoms with van der Waals surface area (Å²) in [6, 6.07) is 4.88. The molecular formula is C23H30N4O5S. The van der Waals surface area contributed by atoms with Crippen molar-refractivity contribution in [1.29, 1.82) is 0 Å². The van der Waals surface area contributed by atoms with E-state index in [1.807, 2.05) is 6.07 Å². The molecule has 1 unspecified atom stereocenters. The van der Waals surface area contributed by atoms with Gasteiger partial charge in [0, 0.05) is 26.2 Å². The Kier molecular flexibility index (Phi) is 5.48. The van der Waals surface area contributed by atoms with Crippen molar-refractivity contribution in [2.75, 3.05) is 32.7 Å². The second-order valence-corrected chi connectivity index (χ2v) is 11.7. The number of hydrogen-bond donors (Lipinski definition) is 1. The summed E-state index contributed by atoms with van der Waals surface area (Å²) in [5.74, 6) is -0.562. The van der Waals surface area contributed by atoms with E-state index in [9.17, 15) is 22.8 Å². The number of carbonyl (C=O) groups excluding carboxylic acids is 3. The number of amides is 4. The second kappa shape index (κ2) is 8.09. The van der Waals surface area contributed by atoms with E-state index in [-0.39, 0.29) is 50.5 Å². The first-order valence-electron chi connectivity index (χ1n) is 11.7. The Morgan fingerprint density at radius 3 is 2.39 bits per heavy atom. The Morgan fingerprint density at radius 1 is 1.06 bits per heavy atom. The summed E-state index contributed by atoms with van der Waals surface area (Å²) in [7, 11) is -3.64. The number of nitrogens with zero attached hydrogens (tertiary/aromatic N) is 3. The van der Waals surface area contributed by atoms with Crippen molar-refractivity contribution in [1.82, 2.24) is 19.4 Å². The average Bonchev–Trinajstić information content (AvgIpc) is 3.64. The van der Waals surface area contributed by atoms with Crippen LogP contribution in [0.4, 0.5) is 4.79 Å². The van der Waals surface area contributed by atoms with Crippen molar-refractivity contribution in [3.8, 4) is 0 Å². The van der Waals surface area contributed by atoms with Gasteiger partial charge < -0.3 is 10.2 Å². The van der Waals surface area contributed by atoms with Crippen molar-refractivity contribution in [3.05, 3.63) is 29.3 Å². The van der Waals surface area contributed by atoms with Crippen LogP contribution in [0.3, 0.4) is 0 Å². The van der Waals surface area contributed by atoms with Crippen molar-refractivity contribution in [2.24, 2.45) is 5.92 Å². The molecule has 178 valence electrons. The summed E-state index contributed by atoms with van der Waals surface area (Å²) >= 11 is 0. The van der Waals surface area contributed by atoms with Gasteiger partial charge >= 0.3 is 6.03 Å². The molecule has 9 nitrogen and oxygen atoms in total. The van der Waals surface area contributed by atoms with Gasteiger partial charge in [-0.3, -0.25) is 14.5 Å². The van der Waals surface area contributed by atoms with Crippen LogP contribution in [0.15, 0.2) is 23.1 Å². The Hall–Kier alpha value is -2.46. The molecule has 1 atom stereocenters. The maximum atomic E-state index is 13.2. The predicted octanol–water partition coefficient (Wildman–Crippen LogP) is 1.12. The molecule has 0 bridgehead atoms. The van der Waals surface area contributed by atoms with Crippen LogP contribution in [0, 0.1) is 5.92 Å². The van der Waals surface area contributed by atoms with Gasteiger partial charge in [0.2, 0.25) is 15.9 Å².